The van der Waals surface area contributed by atoms with Gasteiger partial charge in [0.25, 0.3) is 11.5 Å². The van der Waals surface area contributed by atoms with Crippen molar-refractivity contribution in [1.82, 2.24) is 9.88 Å². The van der Waals surface area contributed by atoms with Gasteiger partial charge in [-0.1, -0.05) is 55.5 Å². The monoisotopic (exact) mass is 374 g/mol. The number of hydrogen-bond acceptors (Lipinski definition) is 2. The zero-order chi connectivity index (χ0) is 19.7. The van der Waals surface area contributed by atoms with Crippen molar-refractivity contribution in [3.63, 3.8) is 0 Å². The standard InChI is InChI=1S/C24H26N2O2/c1-3-21(17-10-5-4-6-11-17)25-23(27)22-16(2)26(18-12-9-13-18)24(28)20-15-8-7-14-19(20)22/h4-8,10-11,14-15,18,21H,3,9,12-13H2,1-2H3,(H,25,27)/t21-/m0/s1. The summed E-state index contributed by atoms with van der Waals surface area (Å²) in [6.45, 7) is 3.97. The number of carbonyl (C=O) groups is 1. The fourth-order valence-electron chi connectivity index (χ4n) is 4.19. The second-order valence-electron chi connectivity index (χ2n) is 7.61. The van der Waals surface area contributed by atoms with Crippen molar-refractivity contribution in [2.24, 2.45) is 0 Å². The van der Waals surface area contributed by atoms with Crippen LogP contribution in [-0.4, -0.2) is 10.5 Å². The first-order chi connectivity index (χ1) is 13.6. The van der Waals surface area contributed by atoms with E-state index in [0.29, 0.717) is 10.9 Å². The van der Waals surface area contributed by atoms with E-state index in [9.17, 15) is 9.59 Å². The lowest BCUT2D eigenvalue weighted by molar-refractivity contribution is 0.0935. The molecule has 1 amide bonds. The van der Waals surface area contributed by atoms with Crippen LogP contribution in [0.2, 0.25) is 0 Å². The van der Waals surface area contributed by atoms with Crippen LogP contribution in [0.5, 0.6) is 0 Å². The number of pyridine rings is 1. The van der Waals surface area contributed by atoms with Crippen LogP contribution in [0, 0.1) is 6.92 Å². The Morgan fingerprint density at radius 3 is 2.32 bits per heavy atom. The van der Waals surface area contributed by atoms with E-state index in [0.717, 1.165) is 42.3 Å². The molecule has 0 unspecified atom stereocenters. The molecule has 144 valence electrons. The van der Waals surface area contributed by atoms with Gasteiger partial charge in [0.15, 0.2) is 0 Å². The fourth-order valence-corrected chi connectivity index (χ4v) is 4.19. The highest BCUT2D eigenvalue weighted by Crippen LogP contribution is 2.33. The number of hydrogen-bond donors (Lipinski definition) is 1. The zero-order valence-electron chi connectivity index (χ0n) is 16.4. The first-order valence-electron chi connectivity index (χ1n) is 10.1. The van der Waals surface area contributed by atoms with Gasteiger partial charge >= 0.3 is 0 Å². The number of benzene rings is 2. The van der Waals surface area contributed by atoms with Gasteiger partial charge in [-0.3, -0.25) is 9.59 Å². The maximum absolute atomic E-state index is 13.4. The summed E-state index contributed by atoms with van der Waals surface area (Å²) in [4.78, 5) is 26.5. The molecule has 0 bridgehead atoms. The normalized spacial score (nSPS) is 15.2. The first kappa shape index (κ1) is 18.5. The Balaban J connectivity index is 1.81. The van der Waals surface area contributed by atoms with Crippen molar-refractivity contribution in [3.05, 3.63) is 81.8 Å². The van der Waals surface area contributed by atoms with Gasteiger partial charge in [0, 0.05) is 22.5 Å². The number of rotatable bonds is 5. The van der Waals surface area contributed by atoms with Gasteiger partial charge < -0.3 is 9.88 Å². The molecule has 1 fully saturated rings. The van der Waals surface area contributed by atoms with E-state index in [1.165, 1.54) is 0 Å². The lowest BCUT2D eigenvalue weighted by Gasteiger charge is -2.31. The van der Waals surface area contributed by atoms with Crippen LogP contribution in [0.1, 0.15) is 66.3 Å². The minimum atomic E-state index is -0.113. The highest BCUT2D eigenvalue weighted by atomic mass is 16.2. The fraction of sp³-hybridized carbons (Fsp3) is 0.333. The van der Waals surface area contributed by atoms with Crippen LogP contribution >= 0.6 is 0 Å². The summed E-state index contributed by atoms with van der Waals surface area (Å²) >= 11 is 0. The largest absolute Gasteiger partial charge is 0.345 e. The number of nitrogens with one attached hydrogen (secondary N) is 1. The van der Waals surface area contributed by atoms with Crippen LogP contribution < -0.4 is 10.9 Å². The second kappa shape index (κ2) is 7.63. The third-order valence-electron chi connectivity index (χ3n) is 5.95. The van der Waals surface area contributed by atoms with Crippen LogP contribution in [0.25, 0.3) is 10.8 Å². The molecular weight excluding hydrogens is 348 g/mol. The maximum atomic E-state index is 13.4. The molecule has 0 saturated heterocycles. The van der Waals surface area contributed by atoms with Gasteiger partial charge in [-0.25, -0.2) is 0 Å². The number of fused-ring (bicyclic) bond motifs is 1. The van der Waals surface area contributed by atoms with Gasteiger partial charge in [-0.2, -0.15) is 0 Å². The third kappa shape index (κ3) is 3.13. The summed E-state index contributed by atoms with van der Waals surface area (Å²) in [5.41, 5.74) is 2.50. The predicted octanol–water partition coefficient (Wildman–Crippen LogP) is 4.92. The molecule has 1 atom stereocenters. The molecule has 1 aromatic heterocycles. The highest BCUT2D eigenvalue weighted by Gasteiger charge is 2.27. The number of nitrogens with zero attached hydrogens (tertiary/aromatic N) is 1. The summed E-state index contributed by atoms with van der Waals surface area (Å²) in [6, 6.07) is 17.6. The van der Waals surface area contributed by atoms with Crippen LogP contribution in [-0.2, 0) is 0 Å². The molecule has 4 nitrogen and oxygen atoms in total. The van der Waals surface area contributed by atoms with E-state index in [1.807, 2.05) is 66.1 Å². The van der Waals surface area contributed by atoms with Crippen molar-refractivity contribution in [1.29, 1.82) is 0 Å². The Morgan fingerprint density at radius 1 is 1.07 bits per heavy atom. The number of aromatic nitrogens is 1. The van der Waals surface area contributed by atoms with Crippen molar-refractivity contribution in [2.45, 2.75) is 51.6 Å². The highest BCUT2D eigenvalue weighted by molar-refractivity contribution is 6.07. The van der Waals surface area contributed by atoms with E-state index in [-0.39, 0.29) is 23.6 Å². The van der Waals surface area contributed by atoms with Crippen LogP contribution in [0.15, 0.2) is 59.4 Å². The molecule has 1 heterocycles. The lowest BCUT2D eigenvalue weighted by atomic mass is 9.91. The number of carbonyl (C=O) groups excluding carboxylic acids is 1. The minimum Gasteiger partial charge on any atom is -0.345 e. The van der Waals surface area contributed by atoms with Gasteiger partial charge in [0.05, 0.1) is 11.6 Å². The molecule has 1 N–H and O–H groups in total. The molecule has 2 aromatic carbocycles. The van der Waals surface area contributed by atoms with E-state index < -0.39 is 0 Å². The molecular formula is C24H26N2O2. The molecule has 4 rings (SSSR count). The predicted molar refractivity (Wildman–Crippen MR) is 113 cm³/mol. The van der Waals surface area contributed by atoms with Crippen LogP contribution in [0.4, 0.5) is 0 Å². The van der Waals surface area contributed by atoms with E-state index in [2.05, 4.69) is 12.2 Å². The molecule has 0 aliphatic heterocycles. The van der Waals surface area contributed by atoms with Gasteiger partial charge in [-0.15, -0.1) is 0 Å². The molecule has 0 spiro atoms. The van der Waals surface area contributed by atoms with Crippen molar-refractivity contribution in [2.75, 3.05) is 0 Å². The van der Waals surface area contributed by atoms with Crippen molar-refractivity contribution < 1.29 is 4.79 Å². The molecule has 1 aliphatic carbocycles. The topological polar surface area (TPSA) is 51.1 Å². The second-order valence-corrected chi connectivity index (χ2v) is 7.61. The van der Waals surface area contributed by atoms with Gasteiger partial charge in [0.2, 0.25) is 0 Å². The lowest BCUT2D eigenvalue weighted by Crippen LogP contribution is -2.35. The van der Waals surface area contributed by atoms with E-state index in [4.69, 9.17) is 0 Å². The Morgan fingerprint density at radius 2 is 1.71 bits per heavy atom. The SMILES string of the molecule is CC[C@H](NC(=O)c1c(C)n(C2CCC2)c(=O)c2ccccc12)c1ccccc1. The Kier molecular flexibility index (Phi) is 5.03. The summed E-state index contributed by atoms with van der Waals surface area (Å²) in [5, 5.41) is 4.56. The zero-order valence-corrected chi connectivity index (χ0v) is 16.4. The third-order valence-corrected chi connectivity index (χ3v) is 5.95. The Hall–Kier alpha value is -2.88. The summed E-state index contributed by atoms with van der Waals surface area (Å²) in [6.07, 6.45) is 3.94. The Bertz CT molecular complexity index is 1070. The van der Waals surface area contributed by atoms with Crippen molar-refractivity contribution >= 4 is 16.7 Å². The maximum Gasteiger partial charge on any atom is 0.258 e. The Labute approximate surface area is 165 Å². The van der Waals surface area contributed by atoms with Crippen LogP contribution in [0.3, 0.4) is 0 Å². The quantitative estimate of drug-likeness (QED) is 0.689. The van der Waals surface area contributed by atoms with Gasteiger partial charge in [-0.05, 0) is 44.2 Å². The molecule has 4 heteroatoms. The minimum absolute atomic E-state index is 0.0180. The van der Waals surface area contributed by atoms with E-state index >= 15 is 0 Å². The average Bonchev–Trinajstić information content (AvgIpc) is 2.68. The molecule has 0 radical (unpaired) electrons. The smallest absolute Gasteiger partial charge is 0.258 e. The summed E-state index contributed by atoms with van der Waals surface area (Å²) in [7, 11) is 0. The van der Waals surface area contributed by atoms with Gasteiger partial charge in [0.1, 0.15) is 0 Å². The summed E-state index contributed by atoms with van der Waals surface area (Å²) < 4.78 is 1.85. The van der Waals surface area contributed by atoms with E-state index in [1.54, 1.807) is 0 Å². The molecule has 28 heavy (non-hydrogen) atoms. The molecule has 3 aromatic rings. The summed E-state index contributed by atoms with van der Waals surface area (Å²) in [5.74, 6) is -0.113. The number of amides is 1. The average molecular weight is 374 g/mol. The molecule has 1 saturated carbocycles. The molecule has 1 aliphatic rings. The van der Waals surface area contributed by atoms with Crippen molar-refractivity contribution in [3.8, 4) is 0 Å². The first-order valence-corrected chi connectivity index (χ1v) is 10.1.